The fourth-order valence-corrected chi connectivity index (χ4v) is 9.11. The second kappa shape index (κ2) is 14.4. The Balaban J connectivity index is 0.000000117. The van der Waals surface area contributed by atoms with Gasteiger partial charge in [-0.1, -0.05) is 210 Å². The lowest BCUT2D eigenvalue weighted by Gasteiger charge is -2.40. The summed E-state index contributed by atoms with van der Waals surface area (Å²) >= 11 is 3.55. The average molecular weight is 758 g/mol. The maximum atomic E-state index is 11.9. The number of carbonyl (C=O) groups is 1. The minimum absolute atomic E-state index is 0.149. The normalized spacial score (nSPS) is 13.1. The van der Waals surface area contributed by atoms with E-state index in [1.54, 1.807) is 0 Å². The zero-order chi connectivity index (χ0) is 36.5. The van der Waals surface area contributed by atoms with Crippen molar-refractivity contribution in [1.29, 1.82) is 0 Å². The van der Waals surface area contributed by atoms with Gasteiger partial charge in [0.2, 0.25) is 0 Å². The molecule has 3 aliphatic rings. The van der Waals surface area contributed by atoms with Crippen molar-refractivity contribution in [1.82, 2.24) is 0 Å². The van der Waals surface area contributed by atoms with Gasteiger partial charge in [0.25, 0.3) is 0 Å². The third kappa shape index (κ3) is 5.75. The minimum atomic E-state index is -0.196. The standard InChI is InChI=1S/C26H18.C13H11Br.C13H8O/c1-5-13-22-18(9-1)17-19-10-2-6-14-23(19)26(22)24-15-7-3-11-20(24)21-12-4-8-16-25(21)26;14-13-9-5-4-8-12(13)10-11-6-2-1-3-7-11;14-13-11-7-3-1-5-9(11)10-6-2-4-8-12(10)13/h1-16H,17H2;1-9H,10H2;1-8H. The van der Waals surface area contributed by atoms with E-state index in [0.29, 0.717) is 0 Å². The summed E-state index contributed by atoms with van der Waals surface area (Å²) in [6.07, 6.45) is 2.00. The molecular formula is C52H37BrO. The lowest BCUT2D eigenvalue weighted by molar-refractivity contribution is 0.104. The second-order valence-corrected chi connectivity index (χ2v) is 14.9. The van der Waals surface area contributed by atoms with Gasteiger partial charge in [-0.15, -0.1) is 0 Å². The predicted octanol–water partition coefficient (Wildman–Crippen LogP) is 12.9. The molecule has 0 aliphatic heterocycles. The molecule has 0 radical (unpaired) electrons. The average Bonchev–Trinajstić information content (AvgIpc) is 3.69. The van der Waals surface area contributed by atoms with Gasteiger partial charge in [-0.05, 0) is 85.7 Å². The Morgan fingerprint density at radius 1 is 0.389 bits per heavy atom. The molecular weight excluding hydrogens is 720 g/mol. The maximum Gasteiger partial charge on any atom is 0.194 e. The van der Waals surface area contributed by atoms with Gasteiger partial charge in [0.1, 0.15) is 0 Å². The summed E-state index contributed by atoms with van der Waals surface area (Å²) in [6, 6.07) is 70.3. The molecule has 0 unspecified atom stereocenters. The highest BCUT2D eigenvalue weighted by molar-refractivity contribution is 9.10. The highest BCUT2D eigenvalue weighted by atomic mass is 79.9. The zero-order valence-corrected chi connectivity index (χ0v) is 31.3. The van der Waals surface area contributed by atoms with Crippen molar-refractivity contribution < 1.29 is 4.79 Å². The lowest BCUT2D eigenvalue weighted by atomic mass is 9.61. The van der Waals surface area contributed by atoms with Crippen molar-refractivity contribution in [2.24, 2.45) is 0 Å². The molecule has 1 spiro atoms. The molecule has 0 atom stereocenters. The highest BCUT2D eigenvalue weighted by Gasteiger charge is 2.49. The van der Waals surface area contributed by atoms with Crippen LogP contribution < -0.4 is 0 Å². The monoisotopic (exact) mass is 756 g/mol. The van der Waals surface area contributed by atoms with E-state index in [9.17, 15) is 4.79 Å². The first kappa shape index (κ1) is 33.7. The van der Waals surface area contributed by atoms with E-state index >= 15 is 0 Å². The van der Waals surface area contributed by atoms with Crippen LogP contribution >= 0.6 is 15.9 Å². The number of hydrogen-bond acceptors (Lipinski definition) is 1. The third-order valence-electron chi connectivity index (χ3n) is 11.0. The molecule has 0 saturated heterocycles. The molecule has 8 aromatic carbocycles. The number of rotatable bonds is 2. The van der Waals surface area contributed by atoms with Crippen LogP contribution in [0.3, 0.4) is 0 Å². The van der Waals surface area contributed by atoms with Crippen LogP contribution in [0.5, 0.6) is 0 Å². The van der Waals surface area contributed by atoms with Crippen molar-refractivity contribution in [2.75, 3.05) is 0 Å². The number of carbonyl (C=O) groups excluding carboxylic acids is 1. The summed E-state index contributed by atoms with van der Waals surface area (Å²) in [5, 5.41) is 0. The summed E-state index contributed by atoms with van der Waals surface area (Å²) in [7, 11) is 0. The largest absolute Gasteiger partial charge is 0.289 e. The molecule has 3 aliphatic carbocycles. The number of ketones is 1. The molecule has 0 heterocycles. The van der Waals surface area contributed by atoms with E-state index in [0.717, 1.165) is 35.1 Å². The van der Waals surface area contributed by atoms with E-state index in [4.69, 9.17) is 0 Å². The van der Waals surface area contributed by atoms with Crippen molar-refractivity contribution in [3.05, 3.63) is 260 Å². The van der Waals surface area contributed by atoms with Crippen LogP contribution in [0.25, 0.3) is 22.3 Å². The number of fused-ring (bicyclic) bond motifs is 12. The molecule has 2 heteroatoms. The van der Waals surface area contributed by atoms with E-state index in [2.05, 4.69) is 155 Å². The number of halogens is 1. The van der Waals surface area contributed by atoms with Gasteiger partial charge >= 0.3 is 0 Å². The molecule has 258 valence electrons. The first-order valence-electron chi connectivity index (χ1n) is 18.5. The molecule has 0 amide bonds. The predicted molar refractivity (Wildman–Crippen MR) is 225 cm³/mol. The molecule has 1 nitrogen and oxygen atoms in total. The van der Waals surface area contributed by atoms with Gasteiger partial charge in [-0.3, -0.25) is 4.79 Å². The van der Waals surface area contributed by atoms with Crippen LogP contribution in [0, 0.1) is 0 Å². The third-order valence-corrected chi connectivity index (χ3v) is 11.8. The quantitative estimate of drug-likeness (QED) is 0.172. The van der Waals surface area contributed by atoms with Crippen LogP contribution in [0.4, 0.5) is 0 Å². The van der Waals surface area contributed by atoms with E-state index in [-0.39, 0.29) is 11.2 Å². The summed E-state index contributed by atoms with van der Waals surface area (Å²) in [5.74, 6) is 0.149. The van der Waals surface area contributed by atoms with Crippen molar-refractivity contribution in [2.45, 2.75) is 18.3 Å². The van der Waals surface area contributed by atoms with Crippen LogP contribution in [-0.2, 0) is 18.3 Å². The fraction of sp³-hybridized carbons (Fsp3) is 0.0577. The Bertz CT molecular complexity index is 2510. The number of benzene rings is 8. The fourth-order valence-electron chi connectivity index (χ4n) is 8.68. The van der Waals surface area contributed by atoms with Crippen molar-refractivity contribution in [3.63, 3.8) is 0 Å². The van der Waals surface area contributed by atoms with Gasteiger partial charge in [-0.2, -0.15) is 0 Å². The maximum absolute atomic E-state index is 11.9. The van der Waals surface area contributed by atoms with Gasteiger partial charge in [0, 0.05) is 15.6 Å². The van der Waals surface area contributed by atoms with Crippen LogP contribution in [0.15, 0.2) is 205 Å². The molecule has 0 saturated carbocycles. The molecule has 0 aromatic heterocycles. The summed E-state index contributed by atoms with van der Waals surface area (Å²) in [5.41, 5.74) is 17.6. The van der Waals surface area contributed by atoms with E-state index < -0.39 is 0 Å². The van der Waals surface area contributed by atoms with E-state index in [1.807, 2.05) is 60.7 Å². The first-order chi connectivity index (χ1) is 26.6. The number of hydrogen-bond donors (Lipinski definition) is 0. The smallest absolute Gasteiger partial charge is 0.194 e. The SMILES string of the molecule is Brc1ccccc1Cc1ccccc1.O=C1c2ccccc2-c2ccccc21.c1ccc2c(c1)Cc1ccccc1C21c2ccccc2-c2ccccc21. The van der Waals surface area contributed by atoms with Crippen LogP contribution in [-0.4, -0.2) is 5.78 Å². The Morgan fingerprint density at radius 2 is 0.778 bits per heavy atom. The van der Waals surface area contributed by atoms with Gasteiger partial charge in [0.15, 0.2) is 5.78 Å². The topological polar surface area (TPSA) is 17.1 Å². The summed E-state index contributed by atoms with van der Waals surface area (Å²) in [6.45, 7) is 0. The van der Waals surface area contributed by atoms with E-state index in [1.165, 1.54) is 60.1 Å². The Labute approximate surface area is 325 Å². The Morgan fingerprint density at radius 3 is 1.30 bits per heavy atom. The minimum Gasteiger partial charge on any atom is -0.289 e. The van der Waals surface area contributed by atoms with Crippen LogP contribution in [0.1, 0.15) is 60.4 Å². The second-order valence-electron chi connectivity index (χ2n) is 14.0. The molecule has 0 fully saturated rings. The van der Waals surface area contributed by atoms with Crippen LogP contribution in [0.2, 0.25) is 0 Å². The van der Waals surface area contributed by atoms with Crippen molar-refractivity contribution >= 4 is 21.7 Å². The highest BCUT2D eigenvalue weighted by Crippen LogP contribution is 2.59. The Kier molecular flexibility index (Phi) is 8.98. The molecule has 8 aromatic rings. The zero-order valence-electron chi connectivity index (χ0n) is 29.8. The first-order valence-corrected chi connectivity index (χ1v) is 19.3. The summed E-state index contributed by atoms with van der Waals surface area (Å²) < 4.78 is 1.18. The summed E-state index contributed by atoms with van der Waals surface area (Å²) in [4.78, 5) is 11.9. The molecule has 0 N–H and O–H groups in total. The van der Waals surface area contributed by atoms with Crippen molar-refractivity contribution in [3.8, 4) is 22.3 Å². The molecule has 11 rings (SSSR count). The molecule has 0 bridgehead atoms. The van der Waals surface area contributed by atoms with Gasteiger partial charge in [-0.25, -0.2) is 0 Å². The van der Waals surface area contributed by atoms with Gasteiger partial charge < -0.3 is 0 Å². The lowest BCUT2D eigenvalue weighted by Crippen LogP contribution is -2.34. The molecule has 54 heavy (non-hydrogen) atoms. The Hall–Kier alpha value is -6.09. The van der Waals surface area contributed by atoms with Gasteiger partial charge in [0.05, 0.1) is 5.41 Å².